The first-order valence-electron chi connectivity index (χ1n) is 9.44. The Morgan fingerprint density at radius 2 is 2.04 bits per heavy atom. The number of piperidine rings is 1. The largest absolute Gasteiger partial charge is 0.481 e. The number of aliphatic carboxylic acids is 1. The third-order valence-electron chi connectivity index (χ3n) is 4.95. The van der Waals surface area contributed by atoms with E-state index in [0.29, 0.717) is 31.4 Å². The first-order chi connectivity index (χ1) is 13.5. The number of benzene rings is 1. The van der Waals surface area contributed by atoms with Gasteiger partial charge in [0.15, 0.2) is 0 Å². The lowest BCUT2D eigenvalue weighted by Gasteiger charge is -2.29. The number of carboxylic acids is 1. The van der Waals surface area contributed by atoms with Crippen molar-refractivity contribution in [2.45, 2.75) is 57.5 Å². The number of rotatable bonds is 6. The van der Waals surface area contributed by atoms with Crippen LogP contribution in [0.2, 0.25) is 0 Å². The third kappa shape index (κ3) is 4.58. The Hall–Kier alpha value is -3.14. The Morgan fingerprint density at radius 1 is 1.21 bits per heavy atom. The molecule has 2 heterocycles. The Morgan fingerprint density at radius 3 is 2.79 bits per heavy atom. The number of nitrogens with one attached hydrogen (secondary N) is 1. The highest BCUT2D eigenvalue weighted by Crippen LogP contribution is 2.28. The number of imide groups is 1. The van der Waals surface area contributed by atoms with Crippen molar-refractivity contribution in [3.63, 3.8) is 0 Å². The lowest BCUT2D eigenvalue weighted by molar-refractivity contribution is -0.138. The van der Waals surface area contributed by atoms with Crippen LogP contribution in [-0.4, -0.2) is 39.7 Å². The molecule has 0 spiro atoms. The second kappa shape index (κ2) is 8.70. The highest BCUT2D eigenvalue weighted by Gasteiger charge is 2.38. The summed E-state index contributed by atoms with van der Waals surface area (Å²) in [5.41, 5.74) is 2.22. The number of carboxylic acid groups (broad SMARTS) is 1. The quantitative estimate of drug-likeness (QED) is 0.444. The Balaban J connectivity index is 1.58. The second-order valence-corrected chi connectivity index (χ2v) is 7.03. The van der Waals surface area contributed by atoms with E-state index in [-0.39, 0.29) is 24.7 Å². The first kappa shape index (κ1) is 19.6. The van der Waals surface area contributed by atoms with Gasteiger partial charge in [-0.25, -0.2) is 0 Å². The van der Waals surface area contributed by atoms with Crippen molar-refractivity contribution in [1.29, 1.82) is 0 Å². The van der Waals surface area contributed by atoms with Gasteiger partial charge in [0.25, 0.3) is 5.91 Å². The maximum absolute atomic E-state index is 12.6. The van der Waals surface area contributed by atoms with Crippen LogP contribution in [0.4, 0.5) is 0 Å². The van der Waals surface area contributed by atoms with Gasteiger partial charge in [-0.2, -0.15) is 0 Å². The molecular formula is C21H22N2O5. The zero-order chi connectivity index (χ0) is 20.1. The highest BCUT2D eigenvalue weighted by atomic mass is 16.4. The summed E-state index contributed by atoms with van der Waals surface area (Å²) in [4.78, 5) is 48.0. The fourth-order valence-electron chi connectivity index (χ4n) is 3.48. The van der Waals surface area contributed by atoms with Crippen molar-refractivity contribution in [2.24, 2.45) is 0 Å². The predicted octanol–water partition coefficient (Wildman–Crippen LogP) is 1.83. The molecule has 2 aliphatic rings. The monoisotopic (exact) mass is 382 g/mol. The van der Waals surface area contributed by atoms with Crippen molar-refractivity contribution < 1.29 is 24.3 Å². The highest BCUT2D eigenvalue weighted by molar-refractivity contribution is 6.05. The molecule has 1 aromatic carbocycles. The fourth-order valence-corrected chi connectivity index (χ4v) is 3.48. The summed E-state index contributed by atoms with van der Waals surface area (Å²) >= 11 is 0. The van der Waals surface area contributed by atoms with Gasteiger partial charge in [0, 0.05) is 36.9 Å². The summed E-state index contributed by atoms with van der Waals surface area (Å²) in [6.07, 6.45) is 3.81. The van der Waals surface area contributed by atoms with E-state index < -0.39 is 17.9 Å². The van der Waals surface area contributed by atoms with Crippen LogP contribution in [0, 0.1) is 11.8 Å². The average Bonchev–Trinajstić information content (AvgIpc) is 2.96. The standard InChI is InChI=1S/C21H22N2O5/c24-18-11-10-17(20(27)22-18)23-13-15-12-14(8-9-16(15)21(23)28)6-4-2-1-3-5-7-19(25)26/h8-9,12,17H,1-3,5,7,10-11,13H2,(H,25,26)(H,22,24,27). The second-order valence-electron chi connectivity index (χ2n) is 7.03. The summed E-state index contributed by atoms with van der Waals surface area (Å²) in [6, 6.07) is 4.79. The molecule has 0 bridgehead atoms. The molecule has 1 atom stereocenters. The van der Waals surface area contributed by atoms with E-state index >= 15 is 0 Å². The zero-order valence-electron chi connectivity index (χ0n) is 15.5. The Kier molecular flexibility index (Phi) is 6.09. The van der Waals surface area contributed by atoms with Crippen molar-refractivity contribution in [3.8, 4) is 11.8 Å². The molecule has 1 aromatic rings. The van der Waals surface area contributed by atoms with E-state index in [9.17, 15) is 19.2 Å². The smallest absolute Gasteiger partial charge is 0.303 e. The van der Waals surface area contributed by atoms with Crippen LogP contribution >= 0.6 is 0 Å². The lowest BCUT2D eigenvalue weighted by Crippen LogP contribution is -2.52. The van der Waals surface area contributed by atoms with Gasteiger partial charge < -0.3 is 10.0 Å². The van der Waals surface area contributed by atoms with E-state index in [1.54, 1.807) is 12.1 Å². The van der Waals surface area contributed by atoms with Crippen molar-refractivity contribution >= 4 is 23.7 Å². The third-order valence-corrected chi connectivity index (χ3v) is 4.95. The number of fused-ring (bicyclic) bond motifs is 1. The van der Waals surface area contributed by atoms with E-state index in [4.69, 9.17) is 5.11 Å². The normalized spacial score (nSPS) is 18.4. The molecule has 1 saturated heterocycles. The maximum Gasteiger partial charge on any atom is 0.303 e. The minimum Gasteiger partial charge on any atom is -0.481 e. The predicted molar refractivity (Wildman–Crippen MR) is 100 cm³/mol. The molecule has 3 amide bonds. The molecule has 3 rings (SSSR count). The Labute approximate surface area is 163 Å². The summed E-state index contributed by atoms with van der Waals surface area (Å²) in [5.74, 6) is 4.48. The lowest BCUT2D eigenvalue weighted by atomic mass is 10.0. The zero-order valence-corrected chi connectivity index (χ0v) is 15.5. The minimum atomic E-state index is -0.773. The average molecular weight is 382 g/mol. The van der Waals surface area contributed by atoms with E-state index in [1.807, 2.05) is 6.07 Å². The topological polar surface area (TPSA) is 104 Å². The minimum absolute atomic E-state index is 0.190. The van der Waals surface area contributed by atoms with E-state index in [0.717, 1.165) is 24.0 Å². The van der Waals surface area contributed by atoms with Crippen LogP contribution < -0.4 is 5.32 Å². The van der Waals surface area contributed by atoms with Crippen molar-refractivity contribution in [3.05, 3.63) is 34.9 Å². The summed E-state index contributed by atoms with van der Waals surface area (Å²) < 4.78 is 0. The van der Waals surface area contributed by atoms with Crippen LogP contribution in [0.25, 0.3) is 0 Å². The molecule has 1 fully saturated rings. The van der Waals surface area contributed by atoms with Crippen LogP contribution in [0.3, 0.4) is 0 Å². The van der Waals surface area contributed by atoms with Crippen LogP contribution in [-0.2, 0) is 20.9 Å². The van der Waals surface area contributed by atoms with E-state index in [1.165, 1.54) is 4.90 Å². The molecule has 2 aliphatic heterocycles. The van der Waals surface area contributed by atoms with Gasteiger partial charge in [0.2, 0.25) is 11.8 Å². The summed E-state index contributed by atoms with van der Waals surface area (Å²) in [6.45, 7) is 0.338. The number of unbranched alkanes of at least 4 members (excludes halogenated alkanes) is 3. The van der Waals surface area contributed by atoms with Crippen LogP contribution in [0.15, 0.2) is 18.2 Å². The number of hydrogen-bond donors (Lipinski definition) is 2. The Bertz CT molecular complexity index is 881. The fraction of sp³-hybridized carbons (Fsp3) is 0.429. The molecule has 28 heavy (non-hydrogen) atoms. The molecule has 0 aromatic heterocycles. The molecule has 0 saturated carbocycles. The first-order valence-corrected chi connectivity index (χ1v) is 9.44. The number of hydrogen-bond acceptors (Lipinski definition) is 4. The molecule has 7 nitrogen and oxygen atoms in total. The maximum atomic E-state index is 12.6. The molecule has 146 valence electrons. The number of carbonyl (C=O) groups excluding carboxylic acids is 3. The van der Waals surface area contributed by atoms with Gasteiger partial charge in [-0.05, 0) is 43.0 Å². The molecular weight excluding hydrogens is 360 g/mol. The summed E-state index contributed by atoms with van der Waals surface area (Å²) in [7, 11) is 0. The van der Waals surface area contributed by atoms with Gasteiger partial charge >= 0.3 is 5.97 Å². The summed E-state index contributed by atoms with van der Waals surface area (Å²) in [5, 5.41) is 10.9. The number of carbonyl (C=O) groups is 4. The molecule has 7 heteroatoms. The number of amides is 3. The van der Waals surface area contributed by atoms with Gasteiger partial charge in [0.05, 0.1) is 0 Å². The molecule has 2 N–H and O–H groups in total. The van der Waals surface area contributed by atoms with Gasteiger partial charge in [-0.3, -0.25) is 24.5 Å². The van der Waals surface area contributed by atoms with Gasteiger partial charge in [0.1, 0.15) is 6.04 Å². The van der Waals surface area contributed by atoms with Gasteiger partial charge in [-0.15, -0.1) is 0 Å². The van der Waals surface area contributed by atoms with Gasteiger partial charge in [-0.1, -0.05) is 18.3 Å². The number of nitrogens with zero attached hydrogens (tertiary/aromatic N) is 1. The molecule has 1 unspecified atom stereocenters. The van der Waals surface area contributed by atoms with Crippen molar-refractivity contribution in [2.75, 3.05) is 0 Å². The molecule has 0 radical (unpaired) electrons. The van der Waals surface area contributed by atoms with Crippen LogP contribution in [0.5, 0.6) is 0 Å². The SMILES string of the molecule is O=C(O)CCCCCC#Cc1ccc2c(c1)CN(C1CCC(=O)NC1=O)C2=O. The van der Waals surface area contributed by atoms with Crippen molar-refractivity contribution in [1.82, 2.24) is 10.2 Å². The van der Waals surface area contributed by atoms with E-state index in [2.05, 4.69) is 17.2 Å². The van der Waals surface area contributed by atoms with Crippen LogP contribution in [0.1, 0.15) is 66.4 Å². The molecule has 0 aliphatic carbocycles.